The Morgan fingerprint density at radius 2 is 1.78 bits per heavy atom. The third-order valence-electron chi connectivity index (χ3n) is 6.46. The van der Waals surface area contributed by atoms with Crippen molar-refractivity contribution in [2.75, 3.05) is 24.4 Å². The molecule has 2 aliphatic rings. The highest BCUT2D eigenvalue weighted by Gasteiger charge is 2.37. The molecule has 11 heteroatoms. The Morgan fingerprint density at radius 1 is 1.06 bits per heavy atom. The molecule has 4 bridgehead atoms. The van der Waals surface area contributed by atoms with Crippen LogP contribution in [-0.4, -0.2) is 61.0 Å². The Bertz CT molecular complexity index is 1400. The minimum atomic E-state index is -4.06. The van der Waals surface area contributed by atoms with Crippen LogP contribution in [0.2, 0.25) is 0 Å². The maximum atomic E-state index is 13.4. The molecule has 190 valence electrons. The van der Waals surface area contributed by atoms with Crippen molar-refractivity contribution < 1.29 is 17.9 Å². The number of aromatic nitrogens is 2. The average molecular weight is 530 g/mol. The number of amides is 1. The molecule has 0 aliphatic carbocycles. The molecule has 2 aliphatic heterocycles. The molecular weight excluding hydrogens is 502 g/mol. The van der Waals surface area contributed by atoms with Gasteiger partial charge in [0.15, 0.2) is 0 Å². The number of carbonyl (C=O) groups is 1. The largest absolute Gasteiger partial charge is 0.471 e. The van der Waals surface area contributed by atoms with E-state index in [1.807, 2.05) is 39.0 Å². The topological polar surface area (TPSA) is 114 Å². The number of anilines is 1. The first-order valence-electron chi connectivity index (χ1n) is 11.5. The summed E-state index contributed by atoms with van der Waals surface area (Å²) in [6.07, 6.45) is -0.368. The zero-order valence-electron chi connectivity index (χ0n) is 20.2. The Morgan fingerprint density at radius 3 is 2.50 bits per heavy atom. The van der Waals surface area contributed by atoms with Crippen molar-refractivity contribution in [1.29, 1.82) is 0 Å². The fourth-order valence-electron chi connectivity index (χ4n) is 4.77. The Labute approximate surface area is 216 Å². The van der Waals surface area contributed by atoms with Crippen molar-refractivity contribution >= 4 is 34.3 Å². The third kappa shape index (κ3) is 4.76. The zero-order valence-corrected chi connectivity index (χ0v) is 21.8. The molecule has 1 aromatic heterocycles. The molecule has 1 amide bonds. The standard InChI is InChI=1S/C25H27N5O4S.ClH/c1-4-30-20-13-26-14-21(20)34-22-12-19(23-15(2)7-5-8-16(23)3)27-25(28-22)29-35(32,33)18-10-6-9-17(11-18)24(30)31;/h5-12,20-21,26H,4,13-14H2,1-3H3,(H,27,28,29);1H/t20-,21-;/m1./s1. The lowest BCUT2D eigenvalue weighted by atomic mass is 10.00. The summed E-state index contributed by atoms with van der Waals surface area (Å²) in [6, 6.07) is 13.4. The van der Waals surface area contributed by atoms with Gasteiger partial charge < -0.3 is 15.0 Å². The number of benzene rings is 2. The van der Waals surface area contributed by atoms with E-state index in [1.165, 1.54) is 12.1 Å². The number of hydrogen-bond donors (Lipinski definition) is 2. The summed E-state index contributed by atoms with van der Waals surface area (Å²) >= 11 is 0. The number of ether oxygens (including phenoxy) is 1. The van der Waals surface area contributed by atoms with Gasteiger partial charge in [0.2, 0.25) is 11.8 Å². The minimum Gasteiger partial charge on any atom is -0.471 e. The van der Waals surface area contributed by atoms with Gasteiger partial charge in [0, 0.05) is 36.8 Å². The van der Waals surface area contributed by atoms with E-state index in [-0.39, 0.29) is 47.2 Å². The first-order chi connectivity index (χ1) is 16.8. The molecule has 0 spiro atoms. The molecule has 0 radical (unpaired) electrons. The first kappa shape index (κ1) is 25.9. The number of nitrogens with one attached hydrogen (secondary N) is 2. The lowest BCUT2D eigenvalue weighted by molar-refractivity contribution is 0.0559. The molecule has 3 aromatic rings. The van der Waals surface area contributed by atoms with Gasteiger partial charge in [-0.2, -0.15) is 4.98 Å². The number of likely N-dealkylation sites (N-methyl/N-ethyl adjacent to an activating group) is 1. The van der Waals surface area contributed by atoms with Crippen LogP contribution in [-0.2, 0) is 10.0 Å². The minimum absolute atomic E-state index is 0. The van der Waals surface area contributed by atoms with Crippen molar-refractivity contribution in [2.45, 2.75) is 37.8 Å². The summed E-state index contributed by atoms with van der Waals surface area (Å²) in [6.45, 7) is 7.38. The average Bonchev–Trinajstić information content (AvgIpc) is 3.26. The SMILES string of the molecule is CCN1C(=O)c2cccc(c2)S(=O)(=O)Nc2nc(cc(-c3c(C)cccc3C)n2)O[C@@H]2CNC[C@H]21.Cl. The van der Waals surface area contributed by atoms with E-state index in [2.05, 4.69) is 20.0 Å². The molecule has 0 saturated carbocycles. The Kier molecular flexibility index (Phi) is 7.21. The predicted octanol–water partition coefficient (Wildman–Crippen LogP) is 3.18. The van der Waals surface area contributed by atoms with Crippen molar-refractivity contribution in [3.05, 3.63) is 65.2 Å². The van der Waals surface area contributed by atoms with Gasteiger partial charge in [0.25, 0.3) is 15.9 Å². The van der Waals surface area contributed by atoms with Crippen LogP contribution >= 0.6 is 12.4 Å². The number of nitrogens with zero attached hydrogens (tertiary/aromatic N) is 3. The van der Waals surface area contributed by atoms with E-state index in [9.17, 15) is 13.2 Å². The van der Waals surface area contributed by atoms with Crippen molar-refractivity contribution in [3.63, 3.8) is 0 Å². The second kappa shape index (κ2) is 10.0. The van der Waals surface area contributed by atoms with E-state index in [1.54, 1.807) is 23.1 Å². The summed E-state index contributed by atoms with van der Waals surface area (Å²) in [5, 5.41) is 3.31. The molecule has 2 N–H and O–H groups in total. The van der Waals surface area contributed by atoms with Crippen LogP contribution in [0.1, 0.15) is 28.4 Å². The van der Waals surface area contributed by atoms with E-state index < -0.39 is 10.0 Å². The highest BCUT2D eigenvalue weighted by molar-refractivity contribution is 7.92. The molecule has 1 saturated heterocycles. The van der Waals surface area contributed by atoms with Gasteiger partial charge in [0.1, 0.15) is 6.10 Å². The van der Waals surface area contributed by atoms with Gasteiger partial charge in [-0.1, -0.05) is 24.3 Å². The van der Waals surface area contributed by atoms with Gasteiger partial charge in [-0.15, -0.1) is 12.4 Å². The number of halogens is 1. The molecule has 2 aromatic carbocycles. The summed E-state index contributed by atoms with van der Waals surface area (Å²) in [7, 11) is -4.06. The van der Waals surface area contributed by atoms with Crippen LogP contribution in [0.4, 0.5) is 5.95 Å². The van der Waals surface area contributed by atoms with Crippen LogP contribution in [0.25, 0.3) is 11.3 Å². The van der Waals surface area contributed by atoms with E-state index in [4.69, 9.17) is 4.74 Å². The number of aryl methyl sites for hydroxylation is 2. The van der Waals surface area contributed by atoms with Gasteiger partial charge in [-0.05, 0) is 50.1 Å². The van der Waals surface area contributed by atoms with E-state index in [0.29, 0.717) is 30.9 Å². The normalized spacial score (nSPS) is 20.5. The van der Waals surface area contributed by atoms with Crippen LogP contribution < -0.4 is 14.8 Å². The van der Waals surface area contributed by atoms with Crippen molar-refractivity contribution in [1.82, 2.24) is 20.2 Å². The Hall–Kier alpha value is -3.21. The van der Waals surface area contributed by atoms with Crippen molar-refractivity contribution in [2.24, 2.45) is 0 Å². The molecule has 5 rings (SSSR count). The molecule has 0 unspecified atom stereocenters. The first-order valence-corrected chi connectivity index (χ1v) is 13.0. The molecule has 2 atom stereocenters. The highest BCUT2D eigenvalue weighted by atomic mass is 35.5. The second-order valence-corrected chi connectivity index (χ2v) is 10.5. The summed E-state index contributed by atoms with van der Waals surface area (Å²) < 4.78 is 35.3. The number of hydrogen-bond acceptors (Lipinski definition) is 7. The number of carbonyl (C=O) groups excluding carboxylic acids is 1. The van der Waals surface area contributed by atoms with Gasteiger partial charge in [-0.25, -0.2) is 18.1 Å². The summed E-state index contributed by atoms with van der Waals surface area (Å²) in [5.74, 6) is -0.102. The maximum absolute atomic E-state index is 13.4. The monoisotopic (exact) mass is 529 g/mol. The number of fused-ring (bicyclic) bond motifs is 5. The molecule has 3 heterocycles. The van der Waals surface area contributed by atoms with E-state index >= 15 is 0 Å². The van der Waals surface area contributed by atoms with Crippen LogP contribution in [0.5, 0.6) is 5.88 Å². The number of rotatable bonds is 2. The molecular formula is C25H28ClN5O4S. The van der Waals surface area contributed by atoms with E-state index in [0.717, 1.165) is 16.7 Å². The molecule has 9 nitrogen and oxygen atoms in total. The van der Waals surface area contributed by atoms with Crippen molar-refractivity contribution in [3.8, 4) is 17.1 Å². The lowest BCUT2D eigenvalue weighted by Gasteiger charge is -2.31. The van der Waals surface area contributed by atoms with Gasteiger partial charge in [0.05, 0.1) is 16.6 Å². The smallest absolute Gasteiger partial charge is 0.264 e. The van der Waals surface area contributed by atoms with Crippen LogP contribution in [0, 0.1) is 13.8 Å². The number of sulfonamides is 1. The highest BCUT2D eigenvalue weighted by Crippen LogP contribution is 2.31. The molecule has 36 heavy (non-hydrogen) atoms. The van der Waals surface area contributed by atoms with Gasteiger partial charge in [-0.3, -0.25) is 4.79 Å². The lowest BCUT2D eigenvalue weighted by Crippen LogP contribution is -2.48. The summed E-state index contributed by atoms with van der Waals surface area (Å²) in [4.78, 5) is 24.0. The Balaban J connectivity index is 0.00000304. The maximum Gasteiger partial charge on any atom is 0.264 e. The van der Waals surface area contributed by atoms with Crippen LogP contribution in [0.3, 0.4) is 0 Å². The second-order valence-electron chi connectivity index (χ2n) is 8.79. The fraction of sp³-hybridized carbons (Fsp3) is 0.320. The van der Waals surface area contributed by atoms with Gasteiger partial charge >= 0.3 is 0 Å². The third-order valence-corrected chi connectivity index (χ3v) is 7.78. The quantitative estimate of drug-likeness (QED) is 0.524. The molecule has 1 fully saturated rings. The predicted molar refractivity (Wildman–Crippen MR) is 139 cm³/mol. The van der Waals surface area contributed by atoms with Crippen LogP contribution in [0.15, 0.2) is 53.4 Å². The summed E-state index contributed by atoms with van der Waals surface area (Å²) in [5.41, 5.74) is 3.73. The fourth-order valence-corrected chi connectivity index (χ4v) is 5.76. The zero-order chi connectivity index (χ0) is 24.7.